The number of anilines is 1. The second-order valence-corrected chi connectivity index (χ2v) is 4.98. The maximum atomic E-state index is 4.31. The van der Waals surface area contributed by atoms with E-state index in [0.717, 1.165) is 22.2 Å². The maximum Gasteiger partial charge on any atom is 0.0711 e. The molecule has 0 atom stereocenters. The summed E-state index contributed by atoms with van der Waals surface area (Å²) < 4.78 is 2.97. The van der Waals surface area contributed by atoms with Crippen molar-refractivity contribution in [2.24, 2.45) is 0 Å². The van der Waals surface area contributed by atoms with Gasteiger partial charge in [0.15, 0.2) is 0 Å². The lowest BCUT2D eigenvalue weighted by molar-refractivity contribution is 0.961. The molecule has 2 heterocycles. The minimum Gasteiger partial charge on any atom is -0.381 e. The van der Waals surface area contributed by atoms with Crippen molar-refractivity contribution in [3.63, 3.8) is 0 Å². The second-order valence-electron chi connectivity index (χ2n) is 4.06. The fourth-order valence-electron chi connectivity index (χ4n) is 1.89. The van der Waals surface area contributed by atoms with Gasteiger partial charge in [0.2, 0.25) is 0 Å². The van der Waals surface area contributed by atoms with Crippen LogP contribution in [0.1, 0.15) is 5.56 Å². The van der Waals surface area contributed by atoms with Crippen LogP contribution in [0.25, 0.3) is 5.52 Å². The number of rotatable bonds is 3. The van der Waals surface area contributed by atoms with E-state index in [1.54, 1.807) is 0 Å². The molecule has 0 aliphatic rings. The summed E-state index contributed by atoms with van der Waals surface area (Å²) in [7, 11) is 0. The summed E-state index contributed by atoms with van der Waals surface area (Å²) in [6, 6.07) is 14.2. The zero-order valence-electron chi connectivity index (χ0n) is 9.68. The molecule has 0 aliphatic carbocycles. The highest BCUT2D eigenvalue weighted by molar-refractivity contribution is 9.10. The fraction of sp³-hybridized carbons (Fsp3) is 0.0714. The van der Waals surface area contributed by atoms with Crippen LogP contribution in [-0.4, -0.2) is 9.61 Å². The molecule has 0 radical (unpaired) electrons. The maximum absolute atomic E-state index is 4.31. The Morgan fingerprint density at radius 3 is 2.78 bits per heavy atom. The van der Waals surface area contributed by atoms with E-state index in [0.29, 0.717) is 0 Å². The minimum atomic E-state index is 0.773. The summed E-state index contributed by atoms with van der Waals surface area (Å²) in [6.07, 6.45) is 3.86. The van der Waals surface area contributed by atoms with Crippen molar-refractivity contribution in [2.45, 2.75) is 6.54 Å². The molecule has 2 aromatic heterocycles. The van der Waals surface area contributed by atoms with Crippen LogP contribution in [0.2, 0.25) is 0 Å². The van der Waals surface area contributed by atoms with Crippen molar-refractivity contribution >= 4 is 27.1 Å². The van der Waals surface area contributed by atoms with Gasteiger partial charge in [0, 0.05) is 28.5 Å². The van der Waals surface area contributed by atoms with Gasteiger partial charge in [-0.3, -0.25) is 0 Å². The molecule has 0 saturated carbocycles. The van der Waals surface area contributed by atoms with E-state index in [4.69, 9.17) is 0 Å². The van der Waals surface area contributed by atoms with E-state index in [1.807, 2.05) is 41.2 Å². The van der Waals surface area contributed by atoms with Crippen molar-refractivity contribution < 1.29 is 0 Å². The quantitative estimate of drug-likeness (QED) is 0.799. The number of hydrogen-bond acceptors (Lipinski definition) is 2. The SMILES string of the molecule is Brc1ccc(NCc2cnn3ccccc23)cc1. The average molecular weight is 302 g/mol. The van der Waals surface area contributed by atoms with Crippen LogP contribution in [-0.2, 0) is 6.54 Å². The van der Waals surface area contributed by atoms with Crippen LogP contribution in [0.5, 0.6) is 0 Å². The number of nitrogens with one attached hydrogen (secondary N) is 1. The largest absolute Gasteiger partial charge is 0.381 e. The molecule has 0 spiro atoms. The Labute approximate surface area is 114 Å². The molecule has 0 fully saturated rings. The Bertz CT molecular complexity index is 658. The predicted octanol–water partition coefficient (Wildman–Crippen LogP) is 3.71. The molecule has 3 rings (SSSR count). The summed E-state index contributed by atoms with van der Waals surface area (Å²) in [4.78, 5) is 0. The molecule has 3 aromatic rings. The third kappa shape index (κ3) is 2.24. The number of benzene rings is 1. The van der Waals surface area contributed by atoms with E-state index < -0.39 is 0 Å². The normalized spacial score (nSPS) is 10.7. The standard InChI is InChI=1S/C14H12BrN3/c15-12-4-6-13(7-5-12)16-9-11-10-17-18-8-2-1-3-14(11)18/h1-8,10,16H,9H2. The van der Waals surface area contributed by atoms with Gasteiger partial charge in [-0.1, -0.05) is 22.0 Å². The molecule has 0 bridgehead atoms. The molecule has 0 aliphatic heterocycles. The summed E-state index contributed by atoms with van der Waals surface area (Å²) in [6.45, 7) is 0.773. The van der Waals surface area contributed by atoms with Gasteiger partial charge in [0.1, 0.15) is 0 Å². The highest BCUT2D eigenvalue weighted by atomic mass is 79.9. The third-order valence-electron chi connectivity index (χ3n) is 2.83. The molecular formula is C14H12BrN3. The smallest absolute Gasteiger partial charge is 0.0711 e. The summed E-state index contributed by atoms with van der Waals surface area (Å²) in [5.74, 6) is 0. The van der Waals surface area contributed by atoms with Crippen LogP contribution < -0.4 is 5.32 Å². The summed E-state index contributed by atoms with van der Waals surface area (Å²) in [5.41, 5.74) is 3.44. The molecule has 18 heavy (non-hydrogen) atoms. The van der Waals surface area contributed by atoms with Gasteiger partial charge in [-0.25, -0.2) is 4.52 Å². The van der Waals surface area contributed by atoms with Crippen molar-refractivity contribution in [3.8, 4) is 0 Å². The first-order valence-electron chi connectivity index (χ1n) is 5.73. The van der Waals surface area contributed by atoms with E-state index in [-0.39, 0.29) is 0 Å². The van der Waals surface area contributed by atoms with Crippen LogP contribution in [0.3, 0.4) is 0 Å². The Kier molecular flexibility index (Phi) is 3.02. The summed E-state index contributed by atoms with van der Waals surface area (Å²) in [5, 5.41) is 7.71. The van der Waals surface area contributed by atoms with Gasteiger partial charge in [0.05, 0.1) is 11.7 Å². The molecule has 0 amide bonds. The first-order valence-corrected chi connectivity index (χ1v) is 6.53. The van der Waals surface area contributed by atoms with Gasteiger partial charge in [-0.15, -0.1) is 0 Å². The highest BCUT2D eigenvalue weighted by Gasteiger charge is 2.02. The topological polar surface area (TPSA) is 29.3 Å². The van der Waals surface area contributed by atoms with Crippen LogP contribution in [0.15, 0.2) is 59.3 Å². The Morgan fingerprint density at radius 2 is 1.94 bits per heavy atom. The third-order valence-corrected chi connectivity index (χ3v) is 3.36. The van der Waals surface area contributed by atoms with Crippen molar-refractivity contribution in [1.29, 1.82) is 0 Å². The number of pyridine rings is 1. The molecule has 90 valence electrons. The first kappa shape index (κ1) is 11.3. The number of fused-ring (bicyclic) bond motifs is 1. The van der Waals surface area contributed by atoms with Gasteiger partial charge >= 0.3 is 0 Å². The van der Waals surface area contributed by atoms with Crippen molar-refractivity contribution in [1.82, 2.24) is 9.61 Å². The highest BCUT2D eigenvalue weighted by Crippen LogP contribution is 2.16. The molecule has 3 nitrogen and oxygen atoms in total. The van der Waals surface area contributed by atoms with Gasteiger partial charge in [0.25, 0.3) is 0 Å². The first-order chi connectivity index (χ1) is 8.83. The monoisotopic (exact) mass is 301 g/mol. The van der Waals surface area contributed by atoms with E-state index in [9.17, 15) is 0 Å². The van der Waals surface area contributed by atoms with Crippen LogP contribution >= 0.6 is 15.9 Å². The number of halogens is 1. The van der Waals surface area contributed by atoms with Crippen LogP contribution in [0, 0.1) is 0 Å². The van der Waals surface area contributed by atoms with Gasteiger partial charge < -0.3 is 5.32 Å². The molecular weight excluding hydrogens is 290 g/mol. The minimum absolute atomic E-state index is 0.773. The Morgan fingerprint density at radius 1 is 1.11 bits per heavy atom. The molecule has 0 saturated heterocycles. The van der Waals surface area contributed by atoms with Gasteiger partial charge in [-0.2, -0.15) is 5.10 Å². The molecule has 1 aromatic carbocycles. The van der Waals surface area contributed by atoms with Crippen LogP contribution in [0.4, 0.5) is 5.69 Å². The zero-order chi connectivity index (χ0) is 12.4. The Hall–Kier alpha value is -1.81. The van der Waals surface area contributed by atoms with Crippen molar-refractivity contribution in [2.75, 3.05) is 5.32 Å². The fourth-order valence-corrected chi connectivity index (χ4v) is 2.15. The number of aromatic nitrogens is 2. The average Bonchev–Trinajstić information content (AvgIpc) is 2.82. The Balaban J connectivity index is 1.79. The van der Waals surface area contributed by atoms with E-state index in [2.05, 4.69) is 44.5 Å². The molecule has 4 heteroatoms. The lowest BCUT2D eigenvalue weighted by Gasteiger charge is -2.05. The second kappa shape index (κ2) is 4.82. The molecule has 0 unspecified atom stereocenters. The van der Waals surface area contributed by atoms with E-state index >= 15 is 0 Å². The van der Waals surface area contributed by atoms with Gasteiger partial charge in [-0.05, 0) is 36.4 Å². The summed E-state index contributed by atoms with van der Waals surface area (Å²) >= 11 is 3.43. The molecule has 1 N–H and O–H groups in total. The lowest BCUT2D eigenvalue weighted by Crippen LogP contribution is -1.98. The lowest BCUT2D eigenvalue weighted by atomic mass is 10.2. The predicted molar refractivity (Wildman–Crippen MR) is 76.7 cm³/mol. The van der Waals surface area contributed by atoms with E-state index in [1.165, 1.54) is 5.56 Å². The van der Waals surface area contributed by atoms with Crippen molar-refractivity contribution in [3.05, 3.63) is 64.9 Å². The number of hydrogen-bond donors (Lipinski definition) is 1. The zero-order valence-corrected chi connectivity index (χ0v) is 11.3. The number of nitrogens with zero attached hydrogens (tertiary/aromatic N) is 2.